The number of ether oxygens (including phenoxy) is 2. The average Bonchev–Trinajstić information content (AvgIpc) is 2.80. The number of aryl methyl sites for hydroxylation is 1. The second-order valence-electron chi connectivity index (χ2n) is 10.2. The number of imide groups is 1. The van der Waals surface area contributed by atoms with Crippen molar-refractivity contribution in [2.24, 2.45) is 0 Å². The number of rotatable bonds is 12. The molecule has 0 radical (unpaired) electrons. The van der Waals surface area contributed by atoms with Gasteiger partial charge in [0.2, 0.25) is 5.91 Å². The van der Waals surface area contributed by atoms with Crippen LogP contribution in [-0.4, -0.2) is 30.1 Å². The van der Waals surface area contributed by atoms with E-state index in [0.717, 1.165) is 25.7 Å². The number of benzene rings is 2. The molecule has 1 aliphatic heterocycles. The molecule has 2 N–H and O–H groups in total. The van der Waals surface area contributed by atoms with Crippen LogP contribution in [0.15, 0.2) is 42.5 Å². The van der Waals surface area contributed by atoms with Gasteiger partial charge in [0.25, 0.3) is 5.91 Å². The highest BCUT2D eigenvalue weighted by Gasteiger charge is 2.26. The Bertz CT molecular complexity index is 1040. The third-order valence-corrected chi connectivity index (χ3v) is 5.91. The minimum Gasteiger partial charge on any atom is -0.457 e. The summed E-state index contributed by atoms with van der Waals surface area (Å²) < 4.78 is 11.2. The molecule has 0 saturated heterocycles. The number of fused-ring (bicyclic) bond motifs is 1. The first-order chi connectivity index (χ1) is 17.2. The Morgan fingerprint density at radius 2 is 1.58 bits per heavy atom. The van der Waals surface area contributed by atoms with Gasteiger partial charge in [0.1, 0.15) is 17.1 Å². The van der Waals surface area contributed by atoms with Crippen LogP contribution < -0.4 is 15.4 Å². The summed E-state index contributed by atoms with van der Waals surface area (Å²) >= 11 is 0. The van der Waals surface area contributed by atoms with E-state index in [9.17, 15) is 14.4 Å². The number of carbonyl (C=O) groups is 3. The molecular weight excluding hydrogens is 456 g/mol. The lowest BCUT2D eigenvalue weighted by atomic mass is 9.99. The average molecular weight is 495 g/mol. The van der Waals surface area contributed by atoms with E-state index in [4.69, 9.17) is 9.47 Å². The molecule has 3 rings (SSSR count). The molecule has 1 aliphatic rings. The maximum absolute atomic E-state index is 12.3. The van der Waals surface area contributed by atoms with Gasteiger partial charge in [-0.3, -0.25) is 14.9 Å². The molecule has 0 fully saturated rings. The van der Waals surface area contributed by atoms with Crippen LogP contribution in [0.25, 0.3) is 0 Å². The van der Waals surface area contributed by atoms with E-state index in [2.05, 4.69) is 22.8 Å². The van der Waals surface area contributed by atoms with Gasteiger partial charge < -0.3 is 14.8 Å². The largest absolute Gasteiger partial charge is 0.457 e. The second kappa shape index (κ2) is 13.1. The van der Waals surface area contributed by atoms with E-state index in [0.29, 0.717) is 29.2 Å². The Labute approximate surface area is 213 Å². The van der Waals surface area contributed by atoms with Crippen molar-refractivity contribution in [2.75, 3.05) is 6.54 Å². The summed E-state index contributed by atoms with van der Waals surface area (Å²) in [5, 5.41) is 5.16. The predicted molar refractivity (Wildman–Crippen MR) is 139 cm³/mol. The molecule has 2 aromatic rings. The van der Waals surface area contributed by atoms with Crippen LogP contribution in [0.5, 0.6) is 11.5 Å². The predicted octanol–water partition coefficient (Wildman–Crippen LogP) is 6.09. The van der Waals surface area contributed by atoms with Gasteiger partial charge in [0, 0.05) is 6.54 Å². The zero-order chi connectivity index (χ0) is 26.0. The van der Waals surface area contributed by atoms with E-state index >= 15 is 0 Å². The standard InChI is InChI=1S/C29H38N2O5/c1-29(2,3)36-28(34)30-19-10-8-6-4-5-7-9-12-21-15-17-23(18-16-21)35-24-14-11-13-22-20-25(32)31-27(33)26(22)24/h11,13-18H,4-10,12,19-20H2,1-3H3,(H,30,34)(H,31,32,33). The van der Waals surface area contributed by atoms with Gasteiger partial charge >= 0.3 is 6.09 Å². The van der Waals surface area contributed by atoms with Gasteiger partial charge in [-0.25, -0.2) is 4.79 Å². The van der Waals surface area contributed by atoms with Crippen molar-refractivity contribution in [1.82, 2.24) is 10.6 Å². The monoisotopic (exact) mass is 494 g/mol. The van der Waals surface area contributed by atoms with Crippen LogP contribution in [0.3, 0.4) is 0 Å². The molecule has 0 saturated carbocycles. The molecule has 2 aromatic carbocycles. The van der Waals surface area contributed by atoms with Crippen molar-refractivity contribution in [2.45, 2.75) is 84.2 Å². The van der Waals surface area contributed by atoms with Crippen molar-refractivity contribution in [1.29, 1.82) is 0 Å². The number of hydrogen-bond acceptors (Lipinski definition) is 5. The van der Waals surface area contributed by atoms with Crippen molar-refractivity contribution in [3.05, 3.63) is 59.2 Å². The first kappa shape index (κ1) is 27.2. The topological polar surface area (TPSA) is 93.7 Å². The molecular formula is C29H38N2O5. The summed E-state index contributed by atoms with van der Waals surface area (Å²) in [7, 11) is 0. The van der Waals surface area contributed by atoms with Crippen molar-refractivity contribution in [3.63, 3.8) is 0 Å². The number of carbonyl (C=O) groups excluding carboxylic acids is 3. The lowest BCUT2D eigenvalue weighted by Crippen LogP contribution is -2.37. The van der Waals surface area contributed by atoms with Gasteiger partial charge in [-0.1, -0.05) is 56.4 Å². The molecule has 0 aliphatic carbocycles. The zero-order valence-electron chi connectivity index (χ0n) is 21.7. The highest BCUT2D eigenvalue weighted by molar-refractivity contribution is 6.11. The highest BCUT2D eigenvalue weighted by Crippen LogP contribution is 2.30. The summed E-state index contributed by atoms with van der Waals surface area (Å²) in [6.45, 7) is 6.25. The molecule has 0 unspecified atom stereocenters. The summed E-state index contributed by atoms with van der Waals surface area (Å²) in [4.78, 5) is 35.5. The van der Waals surface area contributed by atoms with Crippen LogP contribution >= 0.6 is 0 Å². The van der Waals surface area contributed by atoms with E-state index in [-0.39, 0.29) is 18.4 Å². The summed E-state index contributed by atoms with van der Waals surface area (Å²) in [6.07, 6.45) is 8.88. The fourth-order valence-electron chi connectivity index (χ4n) is 4.17. The Balaban J connectivity index is 1.29. The van der Waals surface area contributed by atoms with Crippen LogP contribution in [0.2, 0.25) is 0 Å². The quantitative estimate of drug-likeness (QED) is 0.275. The van der Waals surface area contributed by atoms with Crippen molar-refractivity contribution >= 4 is 17.9 Å². The lowest BCUT2D eigenvalue weighted by molar-refractivity contribution is -0.119. The SMILES string of the molecule is CC(C)(C)OC(=O)NCCCCCCCCCc1ccc(Oc2cccc3c2C(=O)NC(=O)C3)cc1. The van der Waals surface area contributed by atoms with E-state index < -0.39 is 11.5 Å². The van der Waals surface area contributed by atoms with Crippen molar-refractivity contribution in [3.8, 4) is 11.5 Å². The fraction of sp³-hybridized carbons (Fsp3) is 0.483. The van der Waals surface area contributed by atoms with Gasteiger partial charge in [-0.05, 0) is 69.4 Å². The highest BCUT2D eigenvalue weighted by atomic mass is 16.6. The Morgan fingerprint density at radius 3 is 2.28 bits per heavy atom. The maximum Gasteiger partial charge on any atom is 0.407 e. The smallest absolute Gasteiger partial charge is 0.407 e. The molecule has 194 valence electrons. The number of nitrogens with one attached hydrogen (secondary N) is 2. The van der Waals surface area contributed by atoms with Crippen LogP contribution in [0, 0.1) is 0 Å². The summed E-state index contributed by atoms with van der Waals surface area (Å²) in [5.74, 6) is 0.427. The van der Waals surface area contributed by atoms with Crippen LogP contribution in [0.4, 0.5) is 4.79 Å². The number of alkyl carbamates (subject to hydrolysis) is 1. The van der Waals surface area contributed by atoms with E-state index in [1.165, 1.54) is 31.2 Å². The number of amides is 3. The summed E-state index contributed by atoms with van der Waals surface area (Å²) in [5.41, 5.74) is 1.93. The molecule has 0 atom stereocenters. The second-order valence-corrected chi connectivity index (χ2v) is 10.2. The van der Waals surface area contributed by atoms with Gasteiger partial charge in [-0.2, -0.15) is 0 Å². The molecule has 3 amide bonds. The normalized spacial score (nSPS) is 13.1. The van der Waals surface area contributed by atoms with Gasteiger partial charge in [-0.15, -0.1) is 0 Å². The minimum absolute atomic E-state index is 0.183. The Hall–Kier alpha value is -3.35. The molecule has 7 heteroatoms. The molecule has 36 heavy (non-hydrogen) atoms. The van der Waals surface area contributed by atoms with Crippen LogP contribution in [-0.2, 0) is 22.4 Å². The van der Waals surface area contributed by atoms with Gasteiger partial charge in [0.05, 0.1) is 12.0 Å². The molecule has 1 heterocycles. The zero-order valence-corrected chi connectivity index (χ0v) is 21.7. The first-order valence-corrected chi connectivity index (χ1v) is 12.9. The van der Waals surface area contributed by atoms with Crippen LogP contribution in [0.1, 0.15) is 87.2 Å². The number of unbranched alkanes of at least 4 members (excludes halogenated alkanes) is 6. The third-order valence-electron chi connectivity index (χ3n) is 5.91. The molecule has 0 aromatic heterocycles. The fourth-order valence-corrected chi connectivity index (χ4v) is 4.17. The summed E-state index contributed by atoms with van der Waals surface area (Å²) in [6, 6.07) is 13.3. The van der Waals surface area contributed by atoms with Gasteiger partial charge in [0.15, 0.2) is 0 Å². The number of hydrogen-bond donors (Lipinski definition) is 2. The maximum atomic E-state index is 12.3. The Morgan fingerprint density at radius 1 is 0.917 bits per heavy atom. The molecule has 7 nitrogen and oxygen atoms in total. The molecule has 0 bridgehead atoms. The Kier molecular flexibility index (Phi) is 9.91. The lowest BCUT2D eigenvalue weighted by Gasteiger charge is -2.19. The molecule has 0 spiro atoms. The van der Waals surface area contributed by atoms with E-state index in [1.54, 1.807) is 18.2 Å². The minimum atomic E-state index is -0.454. The first-order valence-electron chi connectivity index (χ1n) is 12.9. The van der Waals surface area contributed by atoms with E-state index in [1.807, 2.05) is 32.9 Å². The van der Waals surface area contributed by atoms with Crippen molar-refractivity contribution < 1.29 is 23.9 Å². The third kappa shape index (κ3) is 9.02.